The molecule has 0 bridgehead atoms. The van der Waals surface area contributed by atoms with Crippen molar-refractivity contribution in [2.75, 3.05) is 48.7 Å². The first-order valence-corrected chi connectivity index (χ1v) is 9.79. The largest absolute Gasteiger partial charge is 0.397 e. The molecule has 0 atom stereocenters. The maximum Gasteiger partial charge on any atom is 0.256 e. The minimum Gasteiger partial charge on any atom is -0.397 e. The summed E-state index contributed by atoms with van der Waals surface area (Å²) in [6.07, 6.45) is 0. The van der Waals surface area contributed by atoms with Crippen LogP contribution in [0, 0.1) is 0 Å². The van der Waals surface area contributed by atoms with Gasteiger partial charge in [0.05, 0.1) is 27.6 Å². The summed E-state index contributed by atoms with van der Waals surface area (Å²) >= 11 is 9.73. The molecule has 26 heavy (non-hydrogen) atoms. The van der Waals surface area contributed by atoms with Gasteiger partial charge in [-0.2, -0.15) is 0 Å². The molecule has 0 spiro atoms. The van der Waals surface area contributed by atoms with Crippen LogP contribution in [0.5, 0.6) is 0 Å². The van der Waals surface area contributed by atoms with Crippen molar-refractivity contribution in [3.8, 4) is 0 Å². The van der Waals surface area contributed by atoms with Crippen molar-refractivity contribution in [1.82, 2.24) is 4.90 Å². The Balaban J connectivity index is 1.82. The molecule has 2 aromatic carbocycles. The fourth-order valence-electron chi connectivity index (χ4n) is 3.09. The Kier molecular flexibility index (Phi) is 6.06. The van der Waals surface area contributed by atoms with Crippen molar-refractivity contribution in [1.29, 1.82) is 0 Å². The van der Waals surface area contributed by atoms with Crippen LogP contribution in [0.25, 0.3) is 0 Å². The highest BCUT2D eigenvalue weighted by Gasteiger charge is 2.20. The zero-order valence-corrected chi connectivity index (χ0v) is 17.0. The smallest absolute Gasteiger partial charge is 0.256 e. The summed E-state index contributed by atoms with van der Waals surface area (Å²) in [5.74, 6) is -0.217. The standard InChI is InChI=1S/C19H22BrClN4O/c1-2-24-7-9-25(10-8-24)18-12-17(15(21)11-16(18)22)23-19(26)13-5-3-4-6-14(13)20/h3-6,11-12H,2,7-10,22H2,1H3,(H,23,26). The van der Waals surface area contributed by atoms with Crippen LogP contribution in [0.4, 0.5) is 17.1 Å². The number of rotatable bonds is 4. The molecular formula is C19H22BrClN4O. The van der Waals surface area contributed by atoms with Gasteiger partial charge in [0.25, 0.3) is 5.91 Å². The third-order valence-electron chi connectivity index (χ3n) is 4.64. The molecule has 0 aromatic heterocycles. The number of anilines is 3. The predicted molar refractivity (Wildman–Crippen MR) is 112 cm³/mol. The second-order valence-corrected chi connectivity index (χ2v) is 7.51. The van der Waals surface area contributed by atoms with Crippen LogP contribution in [0.1, 0.15) is 17.3 Å². The fraction of sp³-hybridized carbons (Fsp3) is 0.316. The maximum absolute atomic E-state index is 12.6. The van der Waals surface area contributed by atoms with Gasteiger partial charge in [0.1, 0.15) is 0 Å². The molecule has 5 nitrogen and oxygen atoms in total. The van der Waals surface area contributed by atoms with Gasteiger partial charge in [-0.25, -0.2) is 0 Å². The van der Waals surface area contributed by atoms with Gasteiger partial charge in [0.2, 0.25) is 0 Å². The number of nitrogen functional groups attached to an aromatic ring is 1. The zero-order valence-electron chi connectivity index (χ0n) is 14.6. The van der Waals surface area contributed by atoms with E-state index in [2.05, 4.69) is 38.0 Å². The first-order valence-electron chi connectivity index (χ1n) is 8.61. The SMILES string of the molecule is CCN1CCN(c2cc(NC(=O)c3ccccc3Br)c(Cl)cc2N)CC1. The quantitative estimate of drug-likeness (QED) is 0.708. The molecule has 1 amide bonds. The van der Waals surface area contributed by atoms with Gasteiger partial charge in [-0.15, -0.1) is 0 Å². The Morgan fingerprint density at radius 2 is 1.92 bits per heavy atom. The lowest BCUT2D eigenvalue weighted by atomic mass is 10.1. The Labute approximate surface area is 167 Å². The first kappa shape index (κ1) is 19.0. The van der Waals surface area contributed by atoms with E-state index in [-0.39, 0.29) is 5.91 Å². The summed E-state index contributed by atoms with van der Waals surface area (Å²) in [5, 5.41) is 3.33. The number of nitrogens with zero attached hydrogens (tertiary/aromatic N) is 2. The third kappa shape index (κ3) is 4.14. The Bertz CT molecular complexity index is 806. The van der Waals surface area contributed by atoms with Crippen molar-refractivity contribution in [3.63, 3.8) is 0 Å². The van der Waals surface area contributed by atoms with E-state index < -0.39 is 0 Å². The van der Waals surface area contributed by atoms with Gasteiger partial charge < -0.3 is 20.9 Å². The zero-order chi connectivity index (χ0) is 18.7. The Hall–Kier alpha value is -1.76. The monoisotopic (exact) mass is 436 g/mol. The lowest BCUT2D eigenvalue weighted by Gasteiger charge is -2.36. The van der Waals surface area contributed by atoms with Crippen molar-refractivity contribution in [2.24, 2.45) is 0 Å². The number of carbonyl (C=O) groups excluding carboxylic acids is 1. The Morgan fingerprint density at radius 1 is 1.23 bits per heavy atom. The third-order valence-corrected chi connectivity index (χ3v) is 5.65. The number of nitrogens with two attached hydrogens (primary N) is 1. The molecule has 0 aliphatic carbocycles. The number of hydrogen-bond acceptors (Lipinski definition) is 4. The normalized spacial score (nSPS) is 15.1. The topological polar surface area (TPSA) is 61.6 Å². The number of hydrogen-bond donors (Lipinski definition) is 2. The molecule has 1 aliphatic rings. The molecule has 3 N–H and O–H groups in total. The van der Waals surface area contributed by atoms with E-state index in [1.54, 1.807) is 12.1 Å². The summed E-state index contributed by atoms with van der Waals surface area (Å²) in [4.78, 5) is 17.2. The van der Waals surface area contributed by atoms with Gasteiger partial charge in [-0.3, -0.25) is 4.79 Å². The highest BCUT2D eigenvalue weighted by molar-refractivity contribution is 9.10. The van der Waals surface area contributed by atoms with E-state index in [1.807, 2.05) is 24.3 Å². The van der Waals surface area contributed by atoms with Gasteiger partial charge in [-0.05, 0) is 46.7 Å². The lowest BCUT2D eigenvalue weighted by Crippen LogP contribution is -2.46. The number of amides is 1. The average Bonchev–Trinajstić information content (AvgIpc) is 2.64. The summed E-state index contributed by atoms with van der Waals surface area (Å²) in [7, 11) is 0. The highest BCUT2D eigenvalue weighted by atomic mass is 79.9. The lowest BCUT2D eigenvalue weighted by molar-refractivity contribution is 0.102. The number of nitrogens with one attached hydrogen (secondary N) is 1. The molecule has 7 heteroatoms. The molecule has 1 fully saturated rings. The van der Waals surface area contributed by atoms with Crippen LogP contribution in [0.2, 0.25) is 5.02 Å². The molecule has 2 aromatic rings. The molecule has 3 rings (SSSR count). The number of halogens is 2. The van der Waals surface area contributed by atoms with Crippen molar-refractivity contribution in [3.05, 3.63) is 51.5 Å². The van der Waals surface area contributed by atoms with Gasteiger partial charge in [0.15, 0.2) is 0 Å². The molecule has 0 unspecified atom stereocenters. The molecule has 0 saturated carbocycles. The maximum atomic E-state index is 12.6. The van der Waals surface area contributed by atoms with E-state index in [4.69, 9.17) is 17.3 Å². The van der Waals surface area contributed by atoms with Crippen LogP contribution < -0.4 is 16.0 Å². The fourth-order valence-corrected chi connectivity index (χ4v) is 3.77. The number of carbonyl (C=O) groups is 1. The minimum atomic E-state index is -0.217. The van der Waals surface area contributed by atoms with E-state index in [0.717, 1.165) is 42.9 Å². The summed E-state index contributed by atoms with van der Waals surface area (Å²) < 4.78 is 0.736. The van der Waals surface area contributed by atoms with Gasteiger partial charge in [0, 0.05) is 30.7 Å². The van der Waals surface area contributed by atoms with Crippen LogP contribution in [-0.4, -0.2) is 43.5 Å². The predicted octanol–water partition coefficient (Wildman–Crippen LogP) is 4.08. The summed E-state index contributed by atoms with van der Waals surface area (Å²) in [6, 6.07) is 10.9. The number of benzene rings is 2. The van der Waals surface area contributed by atoms with Crippen molar-refractivity contribution >= 4 is 50.5 Å². The van der Waals surface area contributed by atoms with Crippen LogP contribution in [0.15, 0.2) is 40.9 Å². The molecule has 1 aliphatic heterocycles. The summed E-state index contributed by atoms with van der Waals surface area (Å²) in [5.41, 5.74) is 8.85. The first-order chi connectivity index (χ1) is 12.5. The molecule has 138 valence electrons. The highest BCUT2D eigenvalue weighted by Crippen LogP contribution is 2.34. The second-order valence-electron chi connectivity index (χ2n) is 6.25. The van der Waals surface area contributed by atoms with Gasteiger partial charge >= 0.3 is 0 Å². The van der Waals surface area contributed by atoms with E-state index in [0.29, 0.717) is 22.0 Å². The molecule has 1 heterocycles. The molecular weight excluding hydrogens is 416 g/mol. The number of likely N-dealkylation sites (N-methyl/N-ethyl adjacent to an activating group) is 1. The molecule has 1 saturated heterocycles. The van der Waals surface area contributed by atoms with E-state index in [1.165, 1.54) is 0 Å². The van der Waals surface area contributed by atoms with Gasteiger partial charge in [-0.1, -0.05) is 30.7 Å². The van der Waals surface area contributed by atoms with E-state index >= 15 is 0 Å². The number of piperazine rings is 1. The minimum absolute atomic E-state index is 0.217. The van der Waals surface area contributed by atoms with Crippen LogP contribution in [0.3, 0.4) is 0 Å². The summed E-state index contributed by atoms with van der Waals surface area (Å²) in [6.45, 7) is 7.02. The molecule has 0 radical (unpaired) electrons. The van der Waals surface area contributed by atoms with Crippen molar-refractivity contribution < 1.29 is 4.79 Å². The second kappa shape index (κ2) is 8.29. The van der Waals surface area contributed by atoms with Crippen LogP contribution in [-0.2, 0) is 0 Å². The van der Waals surface area contributed by atoms with E-state index in [9.17, 15) is 4.79 Å². The average molecular weight is 438 g/mol. The Morgan fingerprint density at radius 3 is 2.58 bits per heavy atom. The van der Waals surface area contributed by atoms with Crippen LogP contribution >= 0.6 is 27.5 Å². The van der Waals surface area contributed by atoms with Crippen molar-refractivity contribution in [2.45, 2.75) is 6.92 Å².